The van der Waals surface area contributed by atoms with Crippen LogP contribution < -0.4 is 0 Å². The summed E-state index contributed by atoms with van der Waals surface area (Å²) < 4.78 is 5.46. The molecule has 0 unspecified atom stereocenters. The van der Waals surface area contributed by atoms with Crippen molar-refractivity contribution in [3.63, 3.8) is 0 Å². The molecule has 1 saturated heterocycles. The fraction of sp³-hybridized carbons (Fsp3) is 0.462. The van der Waals surface area contributed by atoms with E-state index in [-0.39, 0.29) is 11.9 Å². The van der Waals surface area contributed by atoms with Crippen molar-refractivity contribution in [2.75, 3.05) is 6.61 Å². The van der Waals surface area contributed by atoms with Gasteiger partial charge in [-0.2, -0.15) is 0 Å². The van der Waals surface area contributed by atoms with Crippen LogP contribution in [-0.2, 0) is 16.0 Å². The number of hydrogen-bond acceptors (Lipinski definition) is 2. The van der Waals surface area contributed by atoms with Crippen molar-refractivity contribution in [2.24, 2.45) is 0 Å². The van der Waals surface area contributed by atoms with E-state index in [1.54, 1.807) is 0 Å². The lowest BCUT2D eigenvalue weighted by Gasteiger charge is -2.21. The van der Waals surface area contributed by atoms with E-state index in [1.165, 1.54) is 0 Å². The maximum atomic E-state index is 11.8. The lowest BCUT2D eigenvalue weighted by Crippen LogP contribution is -2.29. The van der Waals surface area contributed by atoms with E-state index < -0.39 is 0 Å². The first-order valence-corrected chi connectivity index (χ1v) is 5.54. The molecular weight excluding hydrogens is 188 g/mol. The molecule has 1 aliphatic rings. The third-order valence-corrected chi connectivity index (χ3v) is 2.76. The third kappa shape index (κ3) is 2.90. The molecule has 2 nitrogen and oxygen atoms in total. The van der Waals surface area contributed by atoms with Crippen molar-refractivity contribution in [2.45, 2.75) is 31.8 Å². The molecule has 0 aliphatic carbocycles. The summed E-state index contributed by atoms with van der Waals surface area (Å²) in [6.07, 6.45) is 3.45. The molecule has 2 heteroatoms. The van der Waals surface area contributed by atoms with Crippen molar-refractivity contribution in [3.05, 3.63) is 35.9 Å². The summed E-state index contributed by atoms with van der Waals surface area (Å²) in [5.74, 6) is 0.223. The number of ether oxygens (including phenoxy) is 1. The van der Waals surface area contributed by atoms with E-state index in [2.05, 4.69) is 0 Å². The molecule has 15 heavy (non-hydrogen) atoms. The van der Waals surface area contributed by atoms with Gasteiger partial charge in [0, 0.05) is 13.0 Å². The summed E-state index contributed by atoms with van der Waals surface area (Å²) >= 11 is 0. The molecule has 0 radical (unpaired) electrons. The van der Waals surface area contributed by atoms with Crippen LogP contribution in [0.25, 0.3) is 0 Å². The van der Waals surface area contributed by atoms with Crippen LogP contribution in [0.2, 0.25) is 0 Å². The SMILES string of the molecule is O=C(Cc1ccccc1)[C@@H]1CCCCO1. The van der Waals surface area contributed by atoms with Crippen LogP contribution in [0.3, 0.4) is 0 Å². The zero-order valence-electron chi connectivity index (χ0n) is 8.82. The number of Topliss-reactive ketones (excluding diaryl/α,β-unsaturated/α-hetero) is 1. The Balaban J connectivity index is 1.91. The Morgan fingerprint density at radius 2 is 2.07 bits per heavy atom. The first-order chi connectivity index (χ1) is 7.36. The molecule has 0 saturated carbocycles. The molecule has 0 aromatic heterocycles. The van der Waals surface area contributed by atoms with Gasteiger partial charge < -0.3 is 4.74 Å². The van der Waals surface area contributed by atoms with Crippen molar-refractivity contribution in [3.8, 4) is 0 Å². The summed E-state index contributed by atoms with van der Waals surface area (Å²) in [7, 11) is 0. The van der Waals surface area contributed by atoms with Crippen LogP contribution in [0.15, 0.2) is 30.3 Å². The highest BCUT2D eigenvalue weighted by atomic mass is 16.5. The van der Waals surface area contributed by atoms with Gasteiger partial charge in [0.1, 0.15) is 6.10 Å². The predicted octanol–water partition coefficient (Wildman–Crippen LogP) is 2.37. The van der Waals surface area contributed by atoms with Gasteiger partial charge in [-0.3, -0.25) is 4.79 Å². The first-order valence-electron chi connectivity index (χ1n) is 5.54. The molecule has 80 valence electrons. The summed E-state index contributed by atoms with van der Waals surface area (Å²) in [4.78, 5) is 11.8. The average molecular weight is 204 g/mol. The lowest BCUT2D eigenvalue weighted by molar-refractivity contribution is -0.132. The number of carbonyl (C=O) groups excluding carboxylic acids is 1. The predicted molar refractivity (Wildman–Crippen MR) is 58.7 cm³/mol. The van der Waals surface area contributed by atoms with Gasteiger partial charge in [-0.25, -0.2) is 0 Å². The second kappa shape index (κ2) is 5.08. The van der Waals surface area contributed by atoms with Gasteiger partial charge in [-0.15, -0.1) is 0 Å². The Bertz CT molecular complexity index is 313. The number of carbonyl (C=O) groups is 1. The smallest absolute Gasteiger partial charge is 0.165 e. The average Bonchev–Trinajstić information content (AvgIpc) is 2.31. The number of benzene rings is 1. The van der Waals surface area contributed by atoms with E-state index in [0.717, 1.165) is 31.4 Å². The second-order valence-electron chi connectivity index (χ2n) is 3.98. The Labute approximate surface area is 90.3 Å². The van der Waals surface area contributed by atoms with Gasteiger partial charge in [-0.05, 0) is 24.8 Å². The standard InChI is InChI=1S/C13H16O2/c14-12(13-8-4-5-9-15-13)10-11-6-2-1-3-7-11/h1-3,6-7,13H,4-5,8-10H2/t13-/m0/s1. The Morgan fingerprint density at radius 1 is 1.27 bits per heavy atom. The Kier molecular flexibility index (Phi) is 3.51. The summed E-state index contributed by atoms with van der Waals surface area (Å²) in [5.41, 5.74) is 1.08. The molecule has 1 atom stereocenters. The monoisotopic (exact) mass is 204 g/mol. The first kappa shape index (κ1) is 10.4. The van der Waals surface area contributed by atoms with E-state index in [0.29, 0.717) is 6.42 Å². The number of rotatable bonds is 3. The highest BCUT2D eigenvalue weighted by Crippen LogP contribution is 2.15. The maximum Gasteiger partial charge on any atom is 0.165 e. The van der Waals surface area contributed by atoms with Crippen LogP contribution in [0.4, 0.5) is 0 Å². The number of ketones is 1. The zero-order valence-corrected chi connectivity index (χ0v) is 8.82. The van der Waals surface area contributed by atoms with Gasteiger partial charge in [0.25, 0.3) is 0 Å². The van der Waals surface area contributed by atoms with Crippen LogP contribution in [-0.4, -0.2) is 18.5 Å². The van der Waals surface area contributed by atoms with Crippen molar-refractivity contribution in [1.82, 2.24) is 0 Å². The van der Waals surface area contributed by atoms with Gasteiger partial charge >= 0.3 is 0 Å². The zero-order chi connectivity index (χ0) is 10.5. The molecule has 1 aromatic carbocycles. The van der Waals surface area contributed by atoms with Crippen LogP contribution in [0.1, 0.15) is 24.8 Å². The van der Waals surface area contributed by atoms with Crippen molar-refractivity contribution >= 4 is 5.78 Å². The van der Waals surface area contributed by atoms with Gasteiger partial charge in [0.05, 0.1) is 0 Å². The molecule has 0 amide bonds. The molecular formula is C13H16O2. The van der Waals surface area contributed by atoms with Gasteiger partial charge in [0.15, 0.2) is 5.78 Å². The van der Waals surface area contributed by atoms with Crippen molar-refractivity contribution < 1.29 is 9.53 Å². The molecule has 1 aromatic rings. The fourth-order valence-corrected chi connectivity index (χ4v) is 1.91. The minimum absolute atomic E-state index is 0.154. The molecule has 0 N–H and O–H groups in total. The quantitative estimate of drug-likeness (QED) is 0.755. The van der Waals surface area contributed by atoms with Gasteiger partial charge in [-0.1, -0.05) is 30.3 Å². The maximum absolute atomic E-state index is 11.8. The summed E-state index contributed by atoms with van der Waals surface area (Å²) in [6, 6.07) is 9.86. The minimum Gasteiger partial charge on any atom is -0.370 e. The van der Waals surface area contributed by atoms with Crippen LogP contribution >= 0.6 is 0 Å². The van der Waals surface area contributed by atoms with E-state index in [1.807, 2.05) is 30.3 Å². The summed E-state index contributed by atoms with van der Waals surface area (Å²) in [5, 5.41) is 0. The number of hydrogen-bond donors (Lipinski definition) is 0. The van der Waals surface area contributed by atoms with E-state index in [9.17, 15) is 4.79 Å². The third-order valence-electron chi connectivity index (χ3n) is 2.76. The minimum atomic E-state index is -0.154. The molecule has 1 aliphatic heterocycles. The van der Waals surface area contributed by atoms with Gasteiger partial charge in [0.2, 0.25) is 0 Å². The molecule has 0 bridgehead atoms. The molecule has 0 spiro atoms. The molecule has 2 rings (SSSR count). The van der Waals surface area contributed by atoms with Crippen LogP contribution in [0, 0.1) is 0 Å². The largest absolute Gasteiger partial charge is 0.370 e. The highest BCUT2D eigenvalue weighted by molar-refractivity contribution is 5.85. The van der Waals surface area contributed by atoms with Crippen molar-refractivity contribution in [1.29, 1.82) is 0 Å². The van der Waals surface area contributed by atoms with Crippen LogP contribution in [0.5, 0.6) is 0 Å². The normalized spacial score (nSPS) is 21.2. The molecule has 1 heterocycles. The highest BCUT2D eigenvalue weighted by Gasteiger charge is 2.21. The Hall–Kier alpha value is -1.15. The van der Waals surface area contributed by atoms with E-state index >= 15 is 0 Å². The fourth-order valence-electron chi connectivity index (χ4n) is 1.91. The molecule has 1 fully saturated rings. The Morgan fingerprint density at radius 3 is 2.73 bits per heavy atom. The summed E-state index contributed by atoms with van der Waals surface area (Å²) in [6.45, 7) is 0.741. The lowest BCUT2D eigenvalue weighted by atomic mass is 10.00. The van der Waals surface area contributed by atoms with E-state index in [4.69, 9.17) is 4.74 Å². The topological polar surface area (TPSA) is 26.3 Å². The second-order valence-corrected chi connectivity index (χ2v) is 3.98.